The van der Waals surface area contributed by atoms with Crippen molar-refractivity contribution >= 4 is 28.9 Å². The predicted molar refractivity (Wildman–Crippen MR) is 164 cm³/mol. The van der Waals surface area contributed by atoms with Gasteiger partial charge in [0.1, 0.15) is 17.5 Å². The van der Waals surface area contributed by atoms with Crippen LogP contribution in [0.4, 0.5) is 0 Å². The fourth-order valence-corrected chi connectivity index (χ4v) is 9.27. The number of carbonyl (C=O) groups is 5. The maximum absolute atomic E-state index is 14.5. The normalized spacial score (nSPS) is 32.3. The van der Waals surface area contributed by atoms with Crippen molar-refractivity contribution in [1.82, 2.24) is 0 Å². The smallest absolute Gasteiger partial charge is 0.190 e. The summed E-state index contributed by atoms with van der Waals surface area (Å²) in [6, 6.07) is 2.01. The number of carbonyl (C=O) groups excluding carboxylic acids is 5. The number of hydrogen-bond donors (Lipinski definition) is 2. The van der Waals surface area contributed by atoms with Gasteiger partial charge in [0.05, 0.1) is 11.5 Å². The van der Waals surface area contributed by atoms with Crippen molar-refractivity contribution in [3.8, 4) is 5.75 Å². The third-order valence-electron chi connectivity index (χ3n) is 11.3. The van der Waals surface area contributed by atoms with Gasteiger partial charge in [-0.15, -0.1) is 0 Å². The monoisotopic (exact) mass is 594 g/mol. The highest BCUT2D eigenvalue weighted by molar-refractivity contribution is 6.32. The number of hydrogen-bond acceptors (Lipinski definition) is 7. The average Bonchev–Trinajstić information content (AvgIpc) is 2.89. The molecule has 1 aromatic rings. The van der Waals surface area contributed by atoms with E-state index in [1.54, 1.807) is 20.8 Å². The zero-order valence-corrected chi connectivity index (χ0v) is 27.4. The largest absolute Gasteiger partial charge is 0.507 e. The van der Waals surface area contributed by atoms with Gasteiger partial charge < -0.3 is 10.2 Å². The summed E-state index contributed by atoms with van der Waals surface area (Å²) >= 11 is 0. The van der Waals surface area contributed by atoms with Crippen molar-refractivity contribution in [2.24, 2.45) is 40.4 Å². The lowest BCUT2D eigenvalue weighted by atomic mass is 9.39. The number of benzene rings is 1. The van der Waals surface area contributed by atoms with Crippen LogP contribution < -0.4 is 0 Å². The first-order chi connectivity index (χ1) is 19.9. The molecule has 0 bridgehead atoms. The Morgan fingerprint density at radius 2 is 1.63 bits per heavy atom. The van der Waals surface area contributed by atoms with E-state index in [1.807, 2.05) is 26.8 Å². The molecule has 7 nitrogen and oxygen atoms in total. The predicted octanol–water partition coefficient (Wildman–Crippen LogP) is 5.98. The second-order valence-electron chi connectivity index (χ2n) is 14.9. The van der Waals surface area contributed by atoms with Crippen molar-refractivity contribution in [3.63, 3.8) is 0 Å². The Kier molecular flexibility index (Phi) is 8.78. The topological polar surface area (TPSA) is 126 Å². The van der Waals surface area contributed by atoms with Gasteiger partial charge in [-0.05, 0) is 72.5 Å². The molecule has 2 fully saturated rings. The second-order valence-corrected chi connectivity index (χ2v) is 14.9. The molecular weight excluding hydrogens is 544 g/mol. The van der Waals surface area contributed by atoms with Crippen LogP contribution in [0.25, 0.3) is 0 Å². The van der Waals surface area contributed by atoms with Crippen LogP contribution in [0.3, 0.4) is 0 Å². The Morgan fingerprint density at radius 1 is 1.02 bits per heavy atom. The van der Waals surface area contributed by atoms with E-state index in [2.05, 4.69) is 13.8 Å². The van der Waals surface area contributed by atoms with E-state index in [4.69, 9.17) is 0 Å². The third kappa shape index (κ3) is 4.76. The number of ketones is 5. The van der Waals surface area contributed by atoms with Gasteiger partial charge in [0.25, 0.3) is 0 Å². The molecule has 0 radical (unpaired) electrons. The van der Waals surface area contributed by atoms with Crippen molar-refractivity contribution in [2.75, 3.05) is 0 Å². The molecule has 1 aromatic carbocycles. The number of aliphatic hydroxyl groups is 1. The first-order valence-corrected chi connectivity index (χ1v) is 16.2. The Morgan fingerprint density at radius 3 is 2.14 bits per heavy atom. The van der Waals surface area contributed by atoms with E-state index in [0.29, 0.717) is 23.5 Å². The molecule has 2 saturated carbocycles. The molecule has 0 heterocycles. The summed E-state index contributed by atoms with van der Waals surface area (Å²) in [4.78, 5) is 69.1. The molecule has 3 aliphatic carbocycles. The molecule has 236 valence electrons. The number of rotatable bonds is 9. The van der Waals surface area contributed by atoms with E-state index >= 15 is 0 Å². The average molecular weight is 595 g/mol. The third-order valence-corrected chi connectivity index (χ3v) is 11.3. The molecule has 3 unspecified atom stereocenters. The molecular formula is C36H50O7. The summed E-state index contributed by atoms with van der Waals surface area (Å²) in [5, 5.41) is 23.8. The lowest BCUT2D eigenvalue weighted by Gasteiger charge is -2.62. The van der Waals surface area contributed by atoms with Gasteiger partial charge in [-0.25, -0.2) is 0 Å². The Hall–Kier alpha value is -2.67. The fourth-order valence-electron chi connectivity index (χ4n) is 9.27. The van der Waals surface area contributed by atoms with E-state index < -0.39 is 63.1 Å². The summed E-state index contributed by atoms with van der Waals surface area (Å²) in [5.74, 6) is -7.82. The van der Waals surface area contributed by atoms with Crippen molar-refractivity contribution in [1.29, 1.82) is 0 Å². The summed E-state index contributed by atoms with van der Waals surface area (Å²) in [7, 11) is 0. The summed E-state index contributed by atoms with van der Waals surface area (Å²) in [6.07, 6.45) is 4.98. The maximum atomic E-state index is 14.5. The molecule has 3 aliphatic rings. The van der Waals surface area contributed by atoms with Crippen LogP contribution in [0.5, 0.6) is 5.75 Å². The number of aryl methyl sites for hydroxylation is 1. The molecule has 0 amide bonds. The summed E-state index contributed by atoms with van der Waals surface area (Å²) < 4.78 is 0. The van der Waals surface area contributed by atoms with Gasteiger partial charge in [0, 0.05) is 11.3 Å². The van der Waals surface area contributed by atoms with Crippen LogP contribution in [0.2, 0.25) is 0 Å². The lowest BCUT2D eigenvalue weighted by molar-refractivity contribution is -0.205. The SMILES string of the molecule is CCC(CC)CCCc1cc(C(C)C)c2c(c1O)C(=O)C1C(=O)[C@@]3(O)C(=O)C(C(C)=O)C(=O)C(C(C)C)[C@@]3(C)C[C@@]1(C)C2. The van der Waals surface area contributed by atoms with Crippen LogP contribution in [0.15, 0.2) is 6.07 Å². The van der Waals surface area contributed by atoms with E-state index in [9.17, 15) is 34.2 Å². The van der Waals surface area contributed by atoms with Gasteiger partial charge in [-0.1, -0.05) is 80.7 Å². The van der Waals surface area contributed by atoms with E-state index in [-0.39, 0.29) is 36.0 Å². The Balaban J connectivity index is 1.89. The number of phenols is 1. The van der Waals surface area contributed by atoms with Gasteiger partial charge >= 0.3 is 0 Å². The Labute approximate surface area is 256 Å². The molecule has 43 heavy (non-hydrogen) atoms. The summed E-state index contributed by atoms with van der Waals surface area (Å²) in [6.45, 7) is 16.6. The number of fused-ring (bicyclic) bond motifs is 3. The van der Waals surface area contributed by atoms with Crippen molar-refractivity contribution < 1.29 is 34.2 Å². The van der Waals surface area contributed by atoms with Crippen LogP contribution in [-0.2, 0) is 32.0 Å². The molecule has 0 aliphatic heterocycles. The van der Waals surface area contributed by atoms with Gasteiger partial charge in [-0.3, -0.25) is 24.0 Å². The molecule has 6 atom stereocenters. The number of phenolic OH excluding ortho intramolecular Hbond substituents is 1. The molecule has 4 rings (SSSR count). The highest BCUT2D eigenvalue weighted by Crippen LogP contribution is 2.64. The van der Waals surface area contributed by atoms with Crippen molar-refractivity contribution in [3.05, 3.63) is 28.3 Å². The molecule has 7 heteroatoms. The van der Waals surface area contributed by atoms with E-state index in [0.717, 1.165) is 38.2 Å². The second kappa shape index (κ2) is 11.4. The molecule has 0 spiro atoms. The zero-order chi connectivity index (χ0) is 32.4. The quantitative estimate of drug-likeness (QED) is 0.337. The minimum atomic E-state index is -2.67. The van der Waals surface area contributed by atoms with Crippen LogP contribution in [0, 0.1) is 40.4 Å². The number of aromatic hydroxyl groups is 1. The fraction of sp³-hybridized carbons (Fsp3) is 0.694. The minimum absolute atomic E-state index is 0.0458. The minimum Gasteiger partial charge on any atom is -0.507 e. The first kappa shape index (κ1) is 33.2. The first-order valence-electron chi connectivity index (χ1n) is 16.2. The van der Waals surface area contributed by atoms with Gasteiger partial charge in [0.2, 0.25) is 0 Å². The highest BCUT2D eigenvalue weighted by atomic mass is 16.3. The van der Waals surface area contributed by atoms with Gasteiger partial charge in [-0.2, -0.15) is 0 Å². The molecule has 0 saturated heterocycles. The number of Topliss-reactive ketones (excluding diaryl/α,β-unsaturated/α-hetero) is 5. The van der Waals surface area contributed by atoms with Crippen molar-refractivity contribution in [2.45, 2.75) is 119 Å². The Bertz CT molecular complexity index is 1370. The standard InChI is InChI=1S/C36H50O7/c1-10-21(11-2)13-12-14-22-15-23(18(3)4)24-16-34(8)17-35(9)27(19(5)6)30(39)25(20(7)37)32(41)36(35,43)33(42)28(34)31(40)26(24)29(22)38/h15,18-19,21,25,27-28,38,43H,10-14,16-17H2,1-9H3/t25?,27?,28?,34-,35-,36+/m1/s1. The summed E-state index contributed by atoms with van der Waals surface area (Å²) in [5.41, 5.74) is -2.74. The van der Waals surface area contributed by atoms with Crippen LogP contribution in [0.1, 0.15) is 127 Å². The molecule has 2 N–H and O–H groups in total. The van der Waals surface area contributed by atoms with Crippen LogP contribution in [-0.4, -0.2) is 44.7 Å². The molecule has 0 aromatic heterocycles. The highest BCUT2D eigenvalue weighted by Gasteiger charge is 2.76. The lowest BCUT2D eigenvalue weighted by Crippen LogP contribution is -2.76. The van der Waals surface area contributed by atoms with Gasteiger partial charge in [0.15, 0.2) is 28.7 Å². The van der Waals surface area contributed by atoms with E-state index in [1.165, 1.54) is 0 Å². The maximum Gasteiger partial charge on any atom is 0.190 e. The van der Waals surface area contributed by atoms with Crippen LogP contribution >= 0.6 is 0 Å². The zero-order valence-electron chi connectivity index (χ0n) is 27.4.